The van der Waals surface area contributed by atoms with Crippen LogP contribution in [0.15, 0.2) is 59.8 Å². The lowest BCUT2D eigenvalue weighted by Crippen LogP contribution is -2.03. The Morgan fingerprint density at radius 2 is 1.77 bits per heavy atom. The molecule has 0 amide bonds. The van der Waals surface area contributed by atoms with Gasteiger partial charge in [0.15, 0.2) is 11.0 Å². The molecule has 3 rings (SSSR count). The quantitative estimate of drug-likeness (QED) is 0.468. The van der Waals surface area contributed by atoms with Gasteiger partial charge in [0.05, 0.1) is 20.6 Å². The van der Waals surface area contributed by atoms with Gasteiger partial charge >= 0.3 is 5.97 Å². The summed E-state index contributed by atoms with van der Waals surface area (Å²) < 4.78 is 11.9. The molecule has 0 saturated carbocycles. The van der Waals surface area contributed by atoms with Gasteiger partial charge in [0.25, 0.3) is 0 Å². The minimum atomic E-state index is -0.237. The van der Waals surface area contributed by atoms with Crippen LogP contribution in [0.2, 0.25) is 0 Å². The summed E-state index contributed by atoms with van der Waals surface area (Å²) in [6.45, 7) is 0. The summed E-state index contributed by atoms with van der Waals surface area (Å²) in [5.74, 6) is 1.85. The molecule has 0 N–H and O–H groups in total. The predicted octanol–water partition coefficient (Wildman–Crippen LogP) is 3.60. The van der Waals surface area contributed by atoms with E-state index in [0.717, 1.165) is 28.0 Å². The Hall–Kier alpha value is -2.80. The van der Waals surface area contributed by atoms with Gasteiger partial charge in [-0.25, -0.2) is 0 Å². The first-order chi connectivity index (χ1) is 12.7. The van der Waals surface area contributed by atoms with Crippen LogP contribution in [0.25, 0.3) is 17.1 Å². The van der Waals surface area contributed by atoms with E-state index >= 15 is 0 Å². The number of carbonyl (C=O) groups is 1. The summed E-state index contributed by atoms with van der Waals surface area (Å²) in [4.78, 5) is 11.4. The molecule has 1 heterocycles. The third kappa shape index (κ3) is 4.05. The molecule has 7 heteroatoms. The second kappa shape index (κ2) is 8.53. The zero-order valence-electron chi connectivity index (χ0n) is 14.6. The topological polar surface area (TPSA) is 66.2 Å². The van der Waals surface area contributed by atoms with Crippen molar-refractivity contribution in [2.45, 2.75) is 11.6 Å². The largest absolute Gasteiger partial charge is 0.497 e. The second-order valence-electron chi connectivity index (χ2n) is 5.38. The van der Waals surface area contributed by atoms with Gasteiger partial charge in [0.2, 0.25) is 0 Å². The molecule has 134 valence electrons. The first-order valence-corrected chi connectivity index (χ1v) is 9.06. The van der Waals surface area contributed by atoms with Crippen LogP contribution in [-0.4, -0.2) is 40.7 Å². The fraction of sp³-hybridized carbons (Fsp3) is 0.211. The molecule has 0 unspecified atom stereocenters. The van der Waals surface area contributed by atoms with Crippen molar-refractivity contribution in [1.29, 1.82) is 0 Å². The van der Waals surface area contributed by atoms with E-state index < -0.39 is 0 Å². The molecule has 0 saturated heterocycles. The molecular weight excluding hydrogens is 350 g/mol. The van der Waals surface area contributed by atoms with Crippen LogP contribution < -0.4 is 4.74 Å². The molecule has 3 aromatic rings. The molecule has 0 aliphatic carbocycles. The van der Waals surface area contributed by atoms with E-state index in [-0.39, 0.29) is 5.97 Å². The number of methoxy groups -OCH3 is 2. The van der Waals surface area contributed by atoms with Gasteiger partial charge in [0, 0.05) is 17.0 Å². The molecule has 0 aliphatic rings. The Bertz CT molecular complexity index is 863. The number of nitrogens with zero attached hydrogens (tertiary/aromatic N) is 3. The lowest BCUT2D eigenvalue weighted by atomic mass is 10.2. The molecule has 0 radical (unpaired) electrons. The van der Waals surface area contributed by atoms with Gasteiger partial charge in [-0.15, -0.1) is 10.2 Å². The standard InChI is InChI=1S/C19H19N3O3S/c1-24-16-10-8-14(9-11-16)18-20-21-19(26-13-12-17(23)25-2)22(18)15-6-4-3-5-7-15/h3-11H,12-13H2,1-2H3. The van der Waals surface area contributed by atoms with Gasteiger partial charge in [-0.05, 0) is 36.4 Å². The predicted molar refractivity (Wildman–Crippen MR) is 101 cm³/mol. The van der Waals surface area contributed by atoms with Crippen molar-refractivity contribution < 1.29 is 14.3 Å². The zero-order valence-corrected chi connectivity index (χ0v) is 15.4. The molecule has 2 aromatic carbocycles. The molecule has 0 atom stereocenters. The molecule has 0 bridgehead atoms. The smallest absolute Gasteiger partial charge is 0.306 e. The van der Waals surface area contributed by atoms with Crippen molar-refractivity contribution in [1.82, 2.24) is 14.8 Å². The maximum absolute atomic E-state index is 11.4. The number of para-hydroxylation sites is 1. The summed E-state index contributed by atoms with van der Waals surface area (Å²) in [5.41, 5.74) is 1.89. The van der Waals surface area contributed by atoms with Crippen LogP contribution in [-0.2, 0) is 9.53 Å². The van der Waals surface area contributed by atoms with Gasteiger partial charge in [-0.2, -0.15) is 0 Å². The Morgan fingerprint density at radius 1 is 1.04 bits per heavy atom. The van der Waals surface area contributed by atoms with Gasteiger partial charge < -0.3 is 9.47 Å². The lowest BCUT2D eigenvalue weighted by molar-refractivity contribution is -0.140. The van der Waals surface area contributed by atoms with Crippen molar-refractivity contribution in [3.8, 4) is 22.8 Å². The fourth-order valence-electron chi connectivity index (χ4n) is 2.43. The van der Waals surface area contributed by atoms with Crippen molar-refractivity contribution in [3.05, 3.63) is 54.6 Å². The number of ether oxygens (including phenoxy) is 2. The summed E-state index contributed by atoms with van der Waals surface area (Å²) in [6.07, 6.45) is 0.320. The lowest BCUT2D eigenvalue weighted by Gasteiger charge is -2.10. The third-order valence-corrected chi connectivity index (χ3v) is 4.69. The van der Waals surface area contributed by atoms with Crippen LogP contribution in [0.1, 0.15) is 6.42 Å². The average molecular weight is 369 g/mol. The highest BCUT2D eigenvalue weighted by molar-refractivity contribution is 7.99. The van der Waals surface area contributed by atoms with Gasteiger partial charge in [-0.1, -0.05) is 30.0 Å². The maximum Gasteiger partial charge on any atom is 0.306 e. The van der Waals surface area contributed by atoms with Crippen LogP contribution in [0.3, 0.4) is 0 Å². The molecule has 0 aliphatic heterocycles. The minimum absolute atomic E-state index is 0.237. The maximum atomic E-state index is 11.4. The molecule has 0 spiro atoms. The van der Waals surface area contributed by atoms with E-state index in [0.29, 0.717) is 12.2 Å². The number of benzene rings is 2. The average Bonchev–Trinajstić information content (AvgIpc) is 3.12. The third-order valence-electron chi connectivity index (χ3n) is 3.76. The number of esters is 1. The van der Waals surface area contributed by atoms with E-state index in [2.05, 4.69) is 10.2 Å². The van der Waals surface area contributed by atoms with E-state index in [9.17, 15) is 4.79 Å². The summed E-state index contributed by atoms with van der Waals surface area (Å²) in [6, 6.07) is 17.6. The van der Waals surface area contributed by atoms with Crippen LogP contribution >= 0.6 is 11.8 Å². The van der Waals surface area contributed by atoms with Crippen molar-refractivity contribution in [2.24, 2.45) is 0 Å². The Kier molecular flexibility index (Phi) is 5.91. The van der Waals surface area contributed by atoms with Gasteiger partial charge in [0.1, 0.15) is 5.75 Å². The van der Waals surface area contributed by atoms with Crippen molar-refractivity contribution in [3.63, 3.8) is 0 Å². The Labute approximate surface area is 156 Å². The van der Waals surface area contributed by atoms with E-state index in [4.69, 9.17) is 9.47 Å². The number of rotatable bonds is 7. The van der Waals surface area contributed by atoms with Crippen molar-refractivity contribution in [2.75, 3.05) is 20.0 Å². The number of thioether (sulfide) groups is 1. The van der Waals surface area contributed by atoms with E-state index in [1.54, 1.807) is 7.11 Å². The first kappa shape index (κ1) is 18.0. The van der Waals surface area contributed by atoms with Gasteiger partial charge in [-0.3, -0.25) is 9.36 Å². The number of hydrogen-bond donors (Lipinski definition) is 0. The molecule has 1 aromatic heterocycles. The van der Waals surface area contributed by atoms with E-state index in [1.807, 2.05) is 59.2 Å². The Morgan fingerprint density at radius 3 is 2.42 bits per heavy atom. The molecule has 26 heavy (non-hydrogen) atoms. The normalized spacial score (nSPS) is 10.5. The summed E-state index contributed by atoms with van der Waals surface area (Å²) in [5, 5.41) is 9.43. The zero-order chi connectivity index (χ0) is 18.4. The van der Waals surface area contributed by atoms with E-state index in [1.165, 1.54) is 18.9 Å². The highest BCUT2D eigenvalue weighted by atomic mass is 32.2. The number of aromatic nitrogens is 3. The monoisotopic (exact) mass is 369 g/mol. The SMILES string of the molecule is COC(=O)CCSc1nnc(-c2ccc(OC)cc2)n1-c1ccccc1. The van der Waals surface area contributed by atoms with Crippen LogP contribution in [0.4, 0.5) is 0 Å². The second-order valence-corrected chi connectivity index (χ2v) is 6.44. The first-order valence-electron chi connectivity index (χ1n) is 8.08. The number of carbonyl (C=O) groups excluding carboxylic acids is 1. The molecule has 6 nitrogen and oxygen atoms in total. The minimum Gasteiger partial charge on any atom is -0.497 e. The highest BCUT2D eigenvalue weighted by Crippen LogP contribution is 2.29. The highest BCUT2D eigenvalue weighted by Gasteiger charge is 2.16. The summed E-state index contributed by atoms with van der Waals surface area (Å²) >= 11 is 1.47. The summed E-state index contributed by atoms with van der Waals surface area (Å²) in [7, 11) is 3.03. The molecule has 0 fully saturated rings. The number of hydrogen-bond acceptors (Lipinski definition) is 6. The van der Waals surface area contributed by atoms with Crippen LogP contribution in [0.5, 0.6) is 5.75 Å². The molecular formula is C19H19N3O3S. The van der Waals surface area contributed by atoms with Crippen LogP contribution in [0, 0.1) is 0 Å². The fourth-order valence-corrected chi connectivity index (χ4v) is 3.30. The van der Waals surface area contributed by atoms with Crippen molar-refractivity contribution >= 4 is 17.7 Å². The Balaban J connectivity index is 1.95.